The van der Waals surface area contributed by atoms with E-state index in [9.17, 15) is 18.8 Å². The van der Waals surface area contributed by atoms with Crippen LogP contribution in [-0.4, -0.2) is 35.7 Å². The highest BCUT2D eigenvalue weighted by atomic mass is 19.1. The lowest BCUT2D eigenvalue weighted by Gasteiger charge is -2.28. The summed E-state index contributed by atoms with van der Waals surface area (Å²) in [6.45, 7) is 7.93. The Morgan fingerprint density at radius 2 is 1.87 bits per heavy atom. The summed E-state index contributed by atoms with van der Waals surface area (Å²) < 4.78 is 19.9. The molecule has 2 aliphatic carbocycles. The number of carbonyl (C=O) groups is 3. The van der Waals surface area contributed by atoms with Crippen LogP contribution in [0.3, 0.4) is 0 Å². The van der Waals surface area contributed by atoms with Crippen LogP contribution in [0.5, 0.6) is 0 Å². The molecular weight excluding hydrogens is 303 g/mol. The van der Waals surface area contributed by atoms with Crippen LogP contribution in [0.15, 0.2) is 0 Å². The first-order chi connectivity index (χ1) is 10.7. The molecule has 5 atom stereocenters. The Morgan fingerprint density at radius 3 is 2.35 bits per heavy atom. The minimum absolute atomic E-state index is 0.103. The van der Waals surface area contributed by atoms with Crippen molar-refractivity contribution >= 4 is 17.9 Å². The summed E-state index contributed by atoms with van der Waals surface area (Å²) in [5.41, 5.74) is -1.59. The Bertz CT molecular complexity index is 556. The zero-order chi connectivity index (χ0) is 17.1. The maximum atomic E-state index is 14.3. The van der Waals surface area contributed by atoms with E-state index in [4.69, 9.17) is 4.74 Å². The largest absolute Gasteiger partial charge is 0.462 e. The minimum atomic E-state index is -1.59. The van der Waals surface area contributed by atoms with Crippen LogP contribution in [0, 0.1) is 29.6 Å². The lowest BCUT2D eigenvalue weighted by atomic mass is 9.89. The van der Waals surface area contributed by atoms with Gasteiger partial charge >= 0.3 is 12.0 Å². The average molecular weight is 326 g/mol. The van der Waals surface area contributed by atoms with Crippen molar-refractivity contribution in [1.82, 2.24) is 10.6 Å². The van der Waals surface area contributed by atoms with Gasteiger partial charge in [-0.15, -0.1) is 0 Å². The van der Waals surface area contributed by atoms with Crippen molar-refractivity contribution in [3.05, 3.63) is 0 Å². The monoisotopic (exact) mass is 326 g/mol. The molecule has 128 valence electrons. The van der Waals surface area contributed by atoms with E-state index in [1.54, 1.807) is 0 Å². The molecule has 0 aromatic heterocycles. The summed E-state index contributed by atoms with van der Waals surface area (Å²) in [5.74, 6) is -1.94. The van der Waals surface area contributed by atoms with Crippen LogP contribution >= 0.6 is 0 Å². The first kappa shape index (κ1) is 16.2. The van der Waals surface area contributed by atoms with E-state index in [0.717, 1.165) is 0 Å². The molecule has 0 unspecified atom stereocenters. The molecule has 0 aromatic carbocycles. The summed E-state index contributed by atoms with van der Waals surface area (Å²) in [6, 6.07) is -0.695. The van der Waals surface area contributed by atoms with Crippen molar-refractivity contribution in [2.45, 2.75) is 51.9 Å². The van der Waals surface area contributed by atoms with Gasteiger partial charge in [0.05, 0.1) is 5.92 Å². The maximum absolute atomic E-state index is 14.3. The van der Waals surface area contributed by atoms with Crippen molar-refractivity contribution in [1.29, 1.82) is 0 Å². The SMILES string of the molecule is CC(C)C(OC(=O)[C@H]1[C@@H]2C[C@H](F)[C@]3(NC(=O)NC3=O)[C@@H]21)C(C)C. The van der Waals surface area contributed by atoms with Gasteiger partial charge in [0, 0.05) is 5.92 Å². The maximum Gasteiger partial charge on any atom is 0.322 e. The fourth-order valence-electron chi connectivity index (χ4n) is 4.44. The molecule has 2 saturated carbocycles. The molecule has 3 fully saturated rings. The van der Waals surface area contributed by atoms with Crippen LogP contribution in [0.2, 0.25) is 0 Å². The molecule has 6 nitrogen and oxygen atoms in total. The Morgan fingerprint density at radius 1 is 1.26 bits per heavy atom. The van der Waals surface area contributed by atoms with E-state index in [-0.39, 0.29) is 36.2 Å². The van der Waals surface area contributed by atoms with E-state index < -0.39 is 35.5 Å². The highest BCUT2D eigenvalue weighted by Gasteiger charge is 2.78. The molecule has 3 amide bonds. The number of ether oxygens (including phenoxy) is 1. The molecule has 0 aromatic rings. The minimum Gasteiger partial charge on any atom is -0.462 e. The van der Waals surface area contributed by atoms with Gasteiger partial charge in [0.15, 0.2) is 5.54 Å². The summed E-state index contributed by atoms with van der Waals surface area (Å²) in [4.78, 5) is 36.0. The smallest absolute Gasteiger partial charge is 0.322 e. The number of hydrogen-bond donors (Lipinski definition) is 2. The fourth-order valence-corrected chi connectivity index (χ4v) is 4.44. The van der Waals surface area contributed by atoms with Crippen LogP contribution in [0.4, 0.5) is 9.18 Å². The normalized spacial score (nSPS) is 38.3. The van der Waals surface area contributed by atoms with Gasteiger partial charge < -0.3 is 10.1 Å². The highest BCUT2D eigenvalue weighted by Crippen LogP contribution is 2.64. The summed E-state index contributed by atoms with van der Waals surface area (Å²) in [5, 5.41) is 4.51. The third-order valence-electron chi connectivity index (χ3n) is 5.43. The molecule has 7 heteroatoms. The van der Waals surface area contributed by atoms with Gasteiger partial charge in [-0.2, -0.15) is 0 Å². The van der Waals surface area contributed by atoms with Gasteiger partial charge in [-0.25, -0.2) is 9.18 Å². The van der Waals surface area contributed by atoms with Crippen molar-refractivity contribution in [3.63, 3.8) is 0 Å². The molecule has 1 aliphatic heterocycles. The number of esters is 1. The fraction of sp³-hybridized carbons (Fsp3) is 0.812. The van der Waals surface area contributed by atoms with Gasteiger partial charge in [-0.3, -0.25) is 14.9 Å². The summed E-state index contributed by atoms with van der Waals surface area (Å²) in [6.07, 6.45) is -1.57. The number of amides is 3. The molecule has 23 heavy (non-hydrogen) atoms. The third kappa shape index (κ3) is 2.23. The Balaban J connectivity index is 1.75. The first-order valence-corrected chi connectivity index (χ1v) is 8.18. The zero-order valence-electron chi connectivity index (χ0n) is 13.8. The number of hydrogen-bond acceptors (Lipinski definition) is 4. The molecule has 1 saturated heterocycles. The third-order valence-corrected chi connectivity index (χ3v) is 5.43. The van der Waals surface area contributed by atoms with E-state index in [0.29, 0.717) is 0 Å². The molecule has 3 aliphatic rings. The van der Waals surface area contributed by atoms with Crippen LogP contribution < -0.4 is 10.6 Å². The highest BCUT2D eigenvalue weighted by molar-refractivity contribution is 6.09. The molecule has 1 heterocycles. The second-order valence-corrected chi connectivity index (χ2v) is 7.59. The van der Waals surface area contributed by atoms with E-state index >= 15 is 0 Å². The molecular formula is C16H23FN2O4. The van der Waals surface area contributed by atoms with Gasteiger partial charge in [-0.1, -0.05) is 27.7 Å². The van der Waals surface area contributed by atoms with Gasteiger partial charge in [0.25, 0.3) is 5.91 Å². The zero-order valence-corrected chi connectivity index (χ0v) is 13.8. The first-order valence-electron chi connectivity index (χ1n) is 8.18. The number of carbonyl (C=O) groups excluding carboxylic acids is 3. The van der Waals surface area contributed by atoms with Gasteiger partial charge in [-0.05, 0) is 24.2 Å². The molecule has 3 rings (SSSR count). The van der Waals surface area contributed by atoms with Crippen molar-refractivity contribution in [3.8, 4) is 0 Å². The van der Waals surface area contributed by atoms with Crippen LogP contribution in [0.25, 0.3) is 0 Å². The lowest BCUT2D eigenvalue weighted by molar-refractivity contribution is -0.157. The van der Waals surface area contributed by atoms with E-state index in [1.165, 1.54) is 0 Å². The lowest BCUT2D eigenvalue weighted by Crippen LogP contribution is -2.55. The second-order valence-electron chi connectivity index (χ2n) is 7.59. The standard InChI is InChI=1S/C16H23FN2O4/c1-6(2)12(7(3)4)23-13(20)10-8-5-9(17)16(11(8)10)14(21)18-15(22)19-16/h6-12H,5H2,1-4H3,(H2,18,19,21,22)/t8-,9-,10-,11-,16-/m0/s1. The molecule has 0 bridgehead atoms. The molecule has 0 radical (unpaired) electrons. The second kappa shape index (κ2) is 5.18. The number of fused-ring (bicyclic) bond motifs is 2. The quantitative estimate of drug-likeness (QED) is 0.604. The van der Waals surface area contributed by atoms with E-state index in [2.05, 4.69) is 10.6 Å². The van der Waals surface area contributed by atoms with Crippen molar-refractivity contribution in [2.24, 2.45) is 29.6 Å². The molecule has 1 spiro atoms. The van der Waals surface area contributed by atoms with E-state index in [1.807, 2.05) is 27.7 Å². The van der Waals surface area contributed by atoms with Crippen molar-refractivity contribution < 1.29 is 23.5 Å². The van der Waals surface area contributed by atoms with Gasteiger partial charge in [0.2, 0.25) is 0 Å². The number of halogens is 1. The summed E-state index contributed by atoms with van der Waals surface area (Å²) in [7, 11) is 0. The van der Waals surface area contributed by atoms with Crippen LogP contribution in [-0.2, 0) is 14.3 Å². The number of nitrogens with one attached hydrogen (secondary N) is 2. The van der Waals surface area contributed by atoms with Gasteiger partial charge in [0.1, 0.15) is 12.3 Å². The number of imide groups is 1. The predicted octanol–water partition coefficient (Wildman–Crippen LogP) is 1.39. The average Bonchev–Trinajstić information content (AvgIpc) is 2.96. The number of alkyl halides is 1. The number of urea groups is 1. The summed E-state index contributed by atoms with van der Waals surface area (Å²) >= 11 is 0. The number of rotatable bonds is 4. The molecule has 2 N–H and O–H groups in total. The Hall–Kier alpha value is -1.66. The topological polar surface area (TPSA) is 84.5 Å². The van der Waals surface area contributed by atoms with Crippen LogP contribution in [0.1, 0.15) is 34.1 Å². The Kier molecular flexibility index (Phi) is 3.65. The predicted molar refractivity (Wildman–Crippen MR) is 78.9 cm³/mol. The Labute approximate surface area is 134 Å². The van der Waals surface area contributed by atoms with Crippen molar-refractivity contribution in [2.75, 3.05) is 0 Å².